The molecule has 5 heteroatoms. The Bertz CT molecular complexity index is 356. The van der Waals surface area contributed by atoms with Gasteiger partial charge in [-0.05, 0) is 36.7 Å². The van der Waals surface area contributed by atoms with E-state index in [1.165, 1.54) is 24.3 Å². The van der Waals surface area contributed by atoms with Gasteiger partial charge in [0.2, 0.25) is 11.8 Å². The molecule has 0 radical (unpaired) electrons. The summed E-state index contributed by atoms with van der Waals surface area (Å²) in [5.74, 6) is 4.67. The van der Waals surface area contributed by atoms with Gasteiger partial charge in [-0.3, -0.25) is 0 Å². The Kier molecular flexibility index (Phi) is 5.58. The lowest BCUT2D eigenvalue weighted by atomic mass is 10.0. The van der Waals surface area contributed by atoms with E-state index >= 15 is 0 Å². The van der Waals surface area contributed by atoms with Gasteiger partial charge in [0.15, 0.2) is 0 Å². The van der Waals surface area contributed by atoms with Crippen molar-refractivity contribution in [1.82, 2.24) is 9.97 Å². The number of anilines is 1. The number of nitrogens with zero attached hydrogens (tertiary/aromatic N) is 2. The van der Waals surface area contributed by atoms with Crippen molar-refractivity contribution in [1.29, 1.82) is 0 Å². The van der Waals surface area contributed by atoms with Crippen molar-refractivity contribution in [2.24, 2.45) is 5.92 Å². The molecular weight excluding hydrogens is 246 g/mol. The molecule has 1 aliphatic rings. The summed E-state index contributed by atoms with van der Waals surface area (Å²) in [5, 5.41) is 3.32. The summed E-state index contributed by atoms with van der Waals surface area (Å²) in [4.78, 5) is 8.57. The van der Waals surface area contributed by atoms with E-state index < -0.39 is 0 Å². The minimum atomic E-state index is 0.661. The lowest BCUT2D eigenvalue weighted by molar-refractivity contribution is 0.305. The first-order chi connectivity index (χ1) is 8.88. The SMILES string of the molecule is CCCOc1ccnc(NCC2CCSCC2)n1. The summed E-state index contributed by atoms with van der Waals surface area (Å²) in [6, 6.07) is 1.80. The molecule has 0 unspecified atom stereocenters. The predicted molar refractivity (Wildman–Crippen MR) is 76.4 cm³/mol. The van der Waals surface area contributed by atoms with Crippen molar-refractivity contribution in [3.8, 4) is 5.88 Å². The number of rotatable bonds is 6. The summed E-state index contributed by atoms with van der Waals surface area (Å²) < 4.78 is 5.49. The lowest BCUT2D eigenvalue weighted by Crippen LogP contribution is -2.20. The lowest BCUT2D eigenvalue weighted by Gasteiger charge is -2.21. The standard InChI is InChI=1S/C13H21N3OS/c1-2-7-17-12-3-6-14-13(16-12)15-10-11-4-8-18-9-5-11/h3,6,11H,2,4-5,7-10H2,1H3,(H,14,15,16). The third kappa shape index (κ3) is 4.37. The van der Waals surface area contributed by atoms with Crippen LogP contribution in [0.4, 0.5) is 5.95 Å². The molecule has 0 saturated carbocycles. The van der Waals surface area contributed by atoms with Crippen molar-refractivity contribution in [2.75, 3.05) is 30.0 Å². The molecule has 0 spiro atoms. The Morgan fingerprint density at radius 1 is 1.44 bits per heavy atom. The third-order valence-corrected chi connectivity index (χ3v) is 4.02. The maximum atomic E-state index is 5.49. The molecule has 100 valence electrons. The van der Waals surface area contributed by atoms with Crippen LogP contribution in [0.5, 0.6) is 5.88 Å². The van der Waals surface area contributed by atoms with Crippen molar-refractivity contribution >= 4 is 17.7 Å². The molecule has 2 rings (SSSR count). The molecule has 18 heavy (non-hydrogen) atoms. The Hall–Kier alpha value is -0.970. The van der Waals surface area contributed by atoms with Gasteiger partial charge in [0.25, 0.3) is 0 Å². The van der Waals surface area contributed by atoms with E-state index in [1.54, 1.807) is 12.3 Å². The molecule has 0 amide bonds. The van der Waals surface area contributed by atoms with Gasteiger partial charge in [0.1, 0.15) is 0 Å². The maximum Gasteiger partial charge on any atom is 0.225 e. The fraction of sp³-hybridized carbons (Fsp3) is 0.692. The topological polar surface area (TPSA) is 47.0 Å². The molecule has 1 aromatic rings. The highest BCUT2D eigenvalue weighted by Gasteiger charge is 2.13. The number of nitrogens with one attached hydrogen (secondary N) is 1. The largest absolute Gasteiger partial charge is 0.478 e. The number of ether oxygens (including phenoxy) is 1. The van der Waals surface area contributed by atoms with Crippen LogP contribution in [0.1, 0.15) is 26.2 Å². The van der Waals surface area contributed by atoms with Gasteiger partial charge in [-0.2, -0.15) is 16.7 Å². The van der Waals surface area contributed by atoms with Crippen molar-refractivity contribution in [3.05, 3.63) is 12.3 Å². The first-order valence-corrected chi connectivity index (χ1v) is 7.81. The van der Waals surface area contributed by atoms with Crippen LogP contribution in [0.3, 0.4) is 0 Å². The van der Waals surface area contributed by atoms with Gasteiger partial charge in [-0.1, -0.05) is 6.92 Å². The van der Waals surface area contributed by atoms with E-state index in [9.17, 15) is 0 Å². The first-order valence-electron chi connectivity index (χ1n) is 6.66. The van der Waals surface area contributed by atoms with Crippen LogP contribution in [0, 0.1) is 5.92 Å². The molecule has 1 aromatic heterocycles. The van der Waals surface area contributed by atoms with E-state index in [-0.39, 0.29) is 0 Å². The molecule has 0 aliphatic carbocycles. The average Bonchev–Trinajstić information content (AvgIpc) is 2.44. The summed E-state index contributed by atoms with van der Waals surface area (Å²) >= 11 is 2.05. The Morgan fingerprint density at radius 3 is 3.06 bits per heavy atom. The van der Waals surface area contributed by atoms with Crippen molar-refractivity contribution < 1.29 is 4.74 Å². The Morgan fingerprint density at radius 2 is 2.28 bits per heavy atom. The molecular formula is C13H21N3OS. The smallest absolute Gasteiger partial charge is 0.225 e. The maximum absolute atomic E-state index is 5.49. The van der Waals surface area contributed by atoms with E-state index in [4.69, 9.17) is 4.74 Å². The van der Waals surface area contributed by atoms with E-state index in [2.05, 4.69) is 34.0 Å². The highest BCUT2D eigenvalue weighted by atomic mass is 32.2. The summed E-state index contributed by atoms with van der Waals surface area (Å²) in [6.45, 7) is 3.76. The third-order valence-electron chi connectivity index (χ3n) is 2.97. The summed E-state index contributed by atoms with van der Waals surface area (Å²) in [5.41, 5.74) is 0. The van der Waals surface area contributed by atoms with Crippen LogP contribution in [-0.4, -0.2) is 34.6 Å². The fourth-order valence-electron chi connectivity index (χ4n) is 1.90. The van der Waals surface area contributed by atoms with E-state index in [1.807, 2.05) is 0 Å². The highest BCUT2D eigenvalue weighted by Crippen LogP contribution is 2.22. The minimum Gasteiger partial charge on any atom is -0.478 e. The number of hydrogen-bond donors (Lipinski definition) is 1. The first kappa shape index (κ1) is 13.5. The number of hydrogen-bond acceptors (Lipinski definition) is 5. The minimum absolute atomic E-state index is 0.661. The highest BCUT2D eigenvalue weighted by molar-refractivity contribution is 7.99. The normalized spacial score (nSPS) is 16.5. The second-order valence-electron chi connectivity index (χ2n) is 4.50. The van der Waals surface area contributed by atoms with Crippen LogP contribution in [0.15, 0.2) is 12.3 Å². The number of aromatic nitrogens is 2. The number of thioether (sulfide) groups is 1. The molecule has 2 heterocycles. The zero-order valence-electron chi connectivity index (χ0n) is 10.9. The second-order valence-corrected chi connectivity index (χ2v) is 5.73. The van der Waals surface area contributed by atoms with Crippen molar-refractivity contribution in [2.45, 2.75) is 26.2 Å². The summed E-state index contributed by atoms with van der Waals surface area (Å²) in [6.07, 6.45) is 5.33. The van der Waals surface area contributed by atoms with Gasteiger partial charge < -0.3 is 10.1 Å². The van der Waals surface area contributed by atoms with E-state index in [0.717, 1.165) is 18.9 Å². The molecule has 1 fully saturated rings. The Balaban J connectivity index is 1.80. The van der Waals surface area contributed by atoms with E-state index in [0.29, 0.717) is 18.4 Å². The van der Waals surface area contributed by atoms with Gasteiger partial charge in [0, 0.05) is 18.8 Å². The molecule has 1 N–H and O–H groups in total. The molecule has 1 saturated heterocycles. The van der Waals surface area contributed by atoms with Crippen LogP contribution >= 0.6 is 11.8 Å². The van der Waals surface area contributed by atoms with Crippen LogP contribution < -0.4 is 10.1 Å². The fourth-order valence-corrected chi connectivity index (χ4v) is 3.10. The van der Waals surface area contributed by atoms with Crippen LogP contribution in [0.2, 0.25) is 0 Å². The summed E-state index contributed by atoms with van der Waals surface area (Å²) in [7, 11) is 0. The van der Waals surface area contributed by atoms with Crippen LogP contribution in [-0.2, 0) is 0 Å². The zero-order valence-corrected chi connectivity index (χ0v) is 11.7. The predicted octanol–water partition coefficient (Wildman–Crippen LogP) is 2.82. The second kappa shape index (κ2) is 7.46. The van der Waals surface area contributed by atoms with Crippen LogP contribution in [0.25, 0.3) is 0 Å². The van der Waals surface area contributed by atoms with Gasteiger partial charge in [-0.15, -0.1) is 0 Å². The zero-order chi connectivity index (χ0) is 12.6. The van der Waals surface area contributed by atoms with Crippen molar-refractivity contribution in [3.63, 3.8) is 0 Å². The molecule has 0 aromatic carbocycles. The molecule has 4 nitrogen and oxygen atoms in total. The van der Waals surface area contributed by atoms with Gasteiger partial charge in [0.05, 0.1) is 6.61 Å². The monoisotopic (exact) mass is 267 g/mol. The molecule has 1 aliphatic heterocycles. The Labute approximate surface area is 113 Å². The quantitative estimate of drug-likeness (QED) is 0.858. The average molecular weight is 267 g/mol. The molecule has 0 atom stereocenters. The molecule has 0 bridgehead atoms. The van der Waals surface area contributed by atoms with Gasteiger partial charge >= 0.3 is 0 Å². The van der Waals surface area contributed by atoms with Gasteiger partial charge in [-0.25, -0.2) is 4.98 Å².